The van der Waals surface area contributed by atoms with E-state index in [9.17, 15) is 12.6 Å². The van der Waals surface area contributed by atoms with E-state index in [2.05, 4.69) is 9.97 Å². The van der Waals surface area contributed by atoms with E-state index < -0.39 is 20.8 Å². The van der Waals surface area contributed by atoms with Gasteiger partial charge in [0.25, 0.3) is 10.0 Å². The van der Waals surface area contributed by atoms with Crippen molar-refractivity contribution in [3.05, 3.63) is 71.5 Å². The summed E-state index contributed by atoms with van der Waals surface area (Å²) in [7, 11) is -4.33. The van der Waals surface area contributed by atoms with Crippen LogP contribution in [0.1, 0.15) is 23.7 Å². The van der Waals surface area contributed by atoms with Gasteiger partial charge in [-0.1, -0.05) is 12.1 Å². The third-order valence-electron chi connectivity index (χ3n) is 5.38. The Balaban J connectivity index is 1.81. The van der Waals surface area contributed by atoms with Gasteiger partial charge in [0, 0.05) is 17.3 Å². The summed E-state index contributed by atoms with van der Waals surface area (Å²) in [6, 6.07) is 12.9. The number of pyridine rings is 1. The number of rotatable bonds is 8. The summed E-state index contributed by atoms with van der Waals surface area (Å²) < 4.78 is 52.8. The number of aryl methyl sites for hydroxylation is 1. The number of ether oxygens (including phenoxy) is 2. The highest BCUT2D eigenvalue weighted by Crippen LogP contribution is 2.29. The SMILES string of the molecule is CCOc1ccc(S(=O)(=O)n2c(S(=O)Cc3ncc(C)c(OC)c3C)nc3ccccc32)cc1. The average Bonchev–Trinajstić information content (AvgIpc) is 3.22. The fourth-order valence-corrected chi connectivity index (χ4v) is 6.79. The Labute approximate surface area is 201 Å². The molecule has 10 heteroatoms. The molecule has 0 spiro atoms. The summed E-state index contributed by atoms with van der Waals surface area (Å²) >= 11 is 0. The van der Waals surface area contributed by atoms with Gasteiger partial charge in [0.1, 0.15) is 11.5 Å². The minimum Gasteiger partial charge on any atom is -0.496 e. The van der Waals surface area contributed by atoms with Crippen molar-refractivity contribution in [3.8, 4) is 11.5 Å². The lowest BCUT2D eigenvalue weighted by Crippen LogP contribution is -2.18. The van der Waals surface area contributed by atoms with Crippen molar-refractivity contribution in [2.45, 2.75) is 36.6 Å². The molecule has 0 radical (unpaired) electrons. The van der Waals surface area contributed by atoms with Crippen LogP contribution in [0.3, 0.4) is 0 Å². The van der Waals surface area contributed by atoms with Gasteiger partial charge in [0.05, 0.1) is 51.9 Å². The van der Waals surface area contributed by atoms with Crippen LogP contribution in [0.15, 0.2) is 64.8 Å². The lowest BCUT2D eigenvalue weighted by Gasteiger charge is -2.13. The van der Waals surface area contributed by atoms with Crippen molar-refractivity contribution in [2.75, 3.05) is 13.7 Å². The highest BCUT2D eigenvalue weighted by molar-refractivity contribution is 7.91. The van der Waals surface area contributed by atoms with E-state index in [4.69, 9.17) is 9.47 Å². The second-order valence-corrected chi connectivity index (χ2v) is 10.7. The molecule has 2 aromatic heterocycles. The Hall–Kier alpha value is -3.24. The maximum Gasteiger partial charge on any atom is 0.270 e. The molecule has 0 aliphatic rings. The molecule has 4 rings (SSSR count). The maximum atomic E-state index is 13.7. The predicted octanol–water partition coefficient (Wildman–Crippen LogP) is 4.00. The Kier molecular flexibility index (Phi) is 6.72. The van der Waals surface area contributed by atoms with Crippen LogP contribution < -0.4 is 9.47 Å². The van der Waals surface area contributed by atoms with Gasteiger partial charge in [-0.2, -0.15) is 0 Å². The maximum absolute atomic E-state index is 13.7. The fraction of sp³-hybridized carbons (Fsp3) is 0.250. The second-order valence-electron chi connectivity index (χ2n) is 7.59. The molecule has 0 aliphatic carbocycles. The third kappa shape index (κ3) is 4.30. The minimum absolute atomic E-state index is 0.00933. The van der Waals surface area contributed by atoms with E-state index >= 15 is 0 Å². The van der Waals surface area contributed by atoms with Crippen molar-refractivity contribution in [1.29, 1.82) is 0 Å². The van der Waals surface area contributed by atoms with E-state index in [0.29, 0.717) is 34.8 Å². The number of nitrogens with zero attached hydrogens (tertiary/aromatic N) is 3. The fourth-order valence-electron chi connectivity index (χ4n) is 3.74. The topological polar surface area (TPSA) is 100 Å². The van der Waals surface area contributed by atoms with Crippen molar-refractivity contribution in [3.63, 3.8) is 0 Å². The Morgan fingerprint density at radius 1 is 1.06 bits per heavy atom. The summed E-state index contributed by atoms with van der Waals surface area (Å²) in [5.74, 6) is 1.22. The first kappa shape index (κ1) is 23.9. The van der Waals surface area contributed by atoms with Gasteiger partial charge in [-0.25, -0.2) is 17.4 Å². The number of para-hydroxylation sites is 2. The van der Waals surface area contributed by atoms with Crippen LogP contribution in [0.5, 0.6) is 11.5 Å². The number of hydrogen-bond donors (Lipinski definition) is 0. The zero-order valence-corrected chi connectivity index (χ0v) is 20.9. The van der Waals surface area contributed by atoms with Crippen LogP contribution in [0.25, 0.3) is 11.0 Å². The molecule has 0 aliphatic heterocycles. The van der Waals surface area contributed by atoms with E-state index in [1.165, 1.54) is 12.1 Å². The Morgan fingerprint density at radius 2 is 1.76 bits per heavy atom. The summed E-state index contributed by atoms with van der Waals surface area (Å²) in [5.41, 5.74) is 2.96. The van der Waals surface area contributed by atoms with Gasteiger partial charge in [-0.05, 0) is 57.2 Å². The molecule has 1 atom stereocenters. The van der Waals surface area contributed by atoms with Crippen LogP contribution in [-0.4, -0.2) is 40.3 Å². The largest absolute Gasteiger partial charge is 0.496 e. The van der Waals surface area contributed by atoms with Gasteiger partial charge in [0.2, 0.25) is 5.16 Å². The Morgan fingerprint density at radius 3 is 2.44 bits per heavy atom. The lowest BCUT2D eigenvalue weighted by atomic mass is 10.1. The van der Waals surface area contributed by atoms with Crippen LogP contribution in [0, 0.1) is 13.8 Å². The molecule has 0 saturated heterocycles. The number of hydrogen-bond acceptors (Lipinski definition) is 7. The molecule has 34 heavy (non-hydrogen) atoms. The lowest BCUT2D eigenvalue weighted by molar-refractivity contribution is 0.340. The second kappa shape index (κ2) is 9.55. The van der Waals surface area contributed by atoms with Gasteiger partial charge >= 0.3 is 0 Å². The van der Waals surface area contributed by atoms with Gasteiger partial charge in [-0.3, -0.25) is 9.19 Å². The zero-order valence-electron chi connectivity index (χ0n) is 19.3. The molecular weight excluding hydrogens is 474 g/mol. The van der Waals surface area contributed by atoms with Crippen molar-refractivity contribution >= 4 is 31.9 Å². The summed E-state index contributed by atoms with van der Waals surface area (Å²) in [6.45, 7) is 6.04. The standard InChI is InChI=1S/C24H25N3O5S2/c1-5-32-18-10-12-19(13-11-18)34(29,30)27-22-9-7-6-8-20(22)26-24(27)33(28)15-21-17(3)23(31-4)16(2)14-25-21/h6-14H,5,15H2,1-4H3. The molecule has 4 aromatic rings. The molecule has 2 heterocycles. The molecule has 178 valence electrons. The number of fused-ring (bicyclic) bond motifs is 1. The first-order chi connectivity index (χ1) is 16.3. The first-order valence-electron chi connectivity index (χ1n) is 10.6. The number of imidazole rings is 1. The number of aromatic nitrogens is 3. The zero-order chi connectivity index (χ0) is 24.5. The minimum atomic E-state index is -4.09. The molecule has 8 nitrogen and oxygen atoms in total. The monoisotopic (exact) mass is 499 g/mol. The van der Waals surface area contributed by atoms with Crippen LogP contribution in [-0.2, 0) is 26.6 Å². The average molecular weight is 500 g/mol. The molecule has 2 aromatic carbocycles. The highest BCUT2D eigenvalue weighted by atomic mass is 32.2. The smallest absolute Gasteiger partial charge is 0.270 e. The molecule has 0 bridgehead atoms. The Bertz CT molecular complexity index is 1480. The molecule has 0 amide bonds. The normalized spacial score (nSPS) is 12.6. The predicted molar refractivity (Wildman–Crippen MR) is 130 cm³/mol. The summed E-state index contributed by atoms with van der Waals surface area (Å²) in [5, 5.41) is -0.0594. The van der Waals surface area contributed by atoms with Crippen LogP contribution in [0.4, 0.5) is 0 Å². The first-order valence-corrected chi connectivity index (χ1v) is 13.4. The summed E-state index contributed by atoms with van der Waals surface area (Å²) in [4.78, 5) is 8.89. The summed E-state index contributed by atoms with van der Waals surface area (Å²) in [6.07, 6.45) is 1.65. The van der Waals surface area contributed by atoms with Gasteiger partial charge < -0.3 is 9.47 Å². The number of methoxy groups -OCH3 is 1. The van der Waals surface area contributed by atoms with E-state index in [1.807, 2.05) is 20.8 Å². The van der Waals surface area contributed by atoms with Crippen molar-refractivity contribution < 1.29 is 22.1 Å². The molecule has 1 unspecified atom stereocenters. The molecule has 0 fully saturated rings. The third-order valence-corrected chi connectivity index (χ3v) is 8.44. The van der Waals surface area contributed by atoms with Crippen molar-refractivity contribution in [1.82, 2.24) is 13.9 Å². The van der Waals surface area contributed by atoms with Crippen LogP contribution >= 0.6 is 0 Å². The van der Waals surface area contributed by atoms with Gasteiger partial charge in [-0.15, -0.1) is 0 Å². The molecule has 0 N–H and O–H groups in total. The van der Waals surface area contributed by atoms with Crippen molar-refractivity contribution in [2.24, 2.45) is 0 Å². The van der Waals surface area contributed by atoms with E-state index in [-0.39, 0.29) is 15.8 Å². The molecular formula is C24H25N3O5S2. The highest BCUT2D eigenvalue weighted by Gasteiger charge is 2.28. The van der Waals surface area contributed by atoms with Crippen LogP contribution in [0.2, 0.25) is 0 Å². The van der Waals surface area contributed by atoms with E-state index in [0.717, 1.165) is 15.1 Å². The molecule has 0 saturated carbocycles. The van der Waals surface area contributed by atoms with E-state index in [1.54, 1.807) is 49.7 Å². The number of benzene rings is 2. The van der Waals surface area contributed by atoms with Gasteiger partial charge in [0.15, 0.2) is 0 Å². The quantitative estimate of drug-likeness (QED) is 0.361.